The molecule has 0 aromatic rings. The van der Waals surface area contributed by atoms with Crippen LogP contribution in [-0.2, 0) is 0 Å². The topological polar surface area (TPSA) is 40.5 Å². The third-order valence-corrected chi connectivity index (χ3v) is 1.43. The van der Waals surface area contributed by atoms with Crippen molar-refractivity contribution >= 4 is 7.12 Å². The molecule has 2 nitrogen and oxygen atoms in total. The zero-order valence-electron chi connectivity index (χ0n) is 6.67. The molecule has 0 atom stereocenters. The first-order valence-electron chi connectivity index (χ1n) is 3.71. The highest BCUT2D eigenvalue weighted by atomic mass is 16.4. The monoisotopic (exact) mass is 142 g/mol. The van der Waals surface area contributed by atoms with E-state index in [0.29, 0.717) is 5.47 Å². The Morgan fingerprint density at radius 3 is 2.50 bits per heavy atom. The van der Waals surface area contributed by atoms with Crippen LogP contribution in [0.1, 0.15) is 33.1 Å². The van der Waals surface area contributed by atoms with Gasteiger partial charge in [-0.05, 0) is 18.8 Å². The van der Waals surface area contributed by atoms with Gasteiger partial charge in [0.15, 0.2) is 0 Å². The Morgan fingerprint density at radius 2 is 2.10 bits per heavy atom. The van der Waals surface area contributed by atoms with Gasteiger partial charge in [0.1, 0.15) is 0 Å². The second kappa shape index (κ2) is 5.51. The lowest BCUT2D eigenvalue weighted by Gasteiger charge is -1.96. The summed E-state index contributed by atoms with van der Waals surface area (Å²) >= 11 is 0. The number of rotatable bonds is 4. The van der Waals surface area contributed by atoms with Crippen LogP contribution in [0, 0.1) is 0 Å². The quantitative estimate of drug-likeness (QED) is 0.456. The maximum Gasteiger partial charge on any atom is 0.483 e. The normalized spacial score (nSPS) is 11.8. The molecule has 0 aliphatic heterocycles. The van der Waals surface area contributed by atoms with Gasteiger partial charge >= 0.3 is 7.12 Å². The van der Waals surface area contributed by atoms with Crippen LogP contribution < -0.4 is 0 Å². The minimum atomic E-state index is -1.27. The van der Waals surface area contributed by atoms with Crippen molar-refractivity contribution < 1.29 is 10.0 Å². The van der Waals surface area contributed by atoms with Crippen LogP contribution >= 0.6 is 0 Å². The lowest BCUT2D eigenvalue weighted by Crippen LogP contribution is -2.12. The van der Waals surface area contributed by atoms with Crippen LogP contribution in [0.2, 0.25) is 0 Å². The van der Waals surface area contributed by atoms with Crippen molar-refractivity contribution in [2.75, 3.05) is 0 Å². The molecule has 0 aromatic heterocycles. The Morgan fingerprint density at radius 1 is 1.50 bits per heavy atom. The van der Waals surface area contributed by atoms with E-state index in [0.717, 1.165) is 19.3 Å². The molecule has 0 spiro atoms. The minimum Gasteiger partial charge on any atom is -0.423 e. The van der Waals surface area contributed by atoms with Crippen LogP contribution in [0.4, 0.5) is 0 Å². The molecule has 0 rings (SSSR count). The second-order valence-electron chi connectivity index (χ2n) is 2.46. The standard InChI is InChI=1S/C7H15BO2/c1-3-4-5-6-7(2)8(9)10/h6,9-10H,3-5H2,1-2H3. The van der Waals surface area contributed by atoms with E-state index in [1.54, 1.807) is 6.92 Å². The first-order chi connectivity index (χ1) is 4.68. The van der Waals surface area contributed by atoms with Crippen LogP contribution in [0.3, 0.4) is 0 Å². The summed E-state index contributed by atoms with van der Waals surface area (Å²) in [6.07, 6.45) is 5.07. The van der Waals surface area contributed by atoms with Crippen molar-refractivity contribution in [2.45, 2.75) is 33.1 Å². The summed E-state index contributed by atoms with van der Waals surface area (Å²) in [7, 11) is -1.27. The smallest absolute Gasteiger partial charge is 0.423 e. The molecule has 0 fully saturated rings. The Hall–Kier alpha value is -0.275. The van der Waals surface area contributed by atoms with Gasteiger partial charge in [-0.25, -0.2) is 0 Å². The van der Waals surface area contributed by atoms with Gasteiger partial charge in [-0.1, -0.05) is 25.8 Å². The molecule has 0 aliphatic rings. The van der Waals surface area contributed by atoms with Gasteiger partial charge in [0, 0.05) is 0 Å². The maximum absolute atomic E-state index is 8.61. The Labute approximate surface area is 62.7 Å². The van der Waals surface area contributed by atoms with E-state index in [4.69, 9.17) is 10.0 Å². The summed E-state index contributed by atoms with van der Waals surface area (Å²) < 4.78 is 0. The molecule has 0 unspecified atom stereocenters. The van der Waals surface area contributed by atoms with E-state index >= 15 is 0 Å². The van der Waals surface area contributed by atoms with Gasteiger partial charge in [-0.15, -0.1) is 0 Å². The number of unbranched alkanes of at least 4 members (excludes halogenated alkanes) is 2. The SMILES string of the molecule is CCCCC=C(C)B(O)O. The lowest BCUT2D eigenvalue weighted by molar-refractivity contribution is 0.418. The fraction of sp³-hybridized carbons (Fsp3) is 0.714. The fourth-order valence-electron chi connectivity index (χ4n) is 0.639. The molecule has 0 saturated carbocycles. The van der Waals surface area contributed by atoms with Crippen LogP contribution in [0.25, 0.3) is 0 Å². The summed E-state index contributed by atoms with van der Waals surface area (Å²) in [5.74, 6) is 0. The van der Waals surface area contributed by atoms with Crippen molar-refractivity contribution in [1.82, 2.24) is 0 Å². The van der Waals surface area contributed by atoms with Crippen molar-refractivity contribution in [3.63, 3.8) is 0 Å². The molecule has 3 heteroatoms. The summed E-state index contributed by atoms with van der Waals surface area (Å²) in [5.41, 5.74) is 0.647. The average molecular weight is 142 g/mol. The van der Waals surface area contributed by atoms with Crippen molar-refractivity contribution in [1.29, 1.82) is 0 Å². The third-order valence-electron chi connectivity index (χ3n) is 1.43. The van der Waals surface area contributed by atoms with E-state index in [2.05, 4.69) is 6.92 Å². The largest absolute Gasteiger partial charge is 0.483 e. The molecule has 0 saturated heterocycles. The zero-order chi connectivity index (χ0) is 7.98. The summed E-state index contributed by atoms with van der Waals surface area (Å²) in [4.78, 5) is 0. The molecule has 0 bridgehead atoms. The van der Waals surface area contributed by atoms with E-state index < -0.39 is 7.12 Å². The van der Waals surface area contributed by atoms with Gasteiger partial charge in [0.05, 0.1) is 0 Å². The summed E-state index contributed by atoms with van der Waals surface area (Å²) in [6.45, 7) is 3.83. The molecule has 0 aromatic carbocycles. The van der Waals surface area contributed by atoms with Gasteiger partial charge in [0.2, 0.25) is 0 Å². The number of hydrogen-bond donors (Lipinski definition) is 2. The van der Waals surface area contributed by atoms with Crippen LogP contribution in [0.5, 0.6) is 0 Å². The van der Waals surface area contributed by atoms with Crippen molar-refractivity contribution in [3.8, 4) is 0 Å². The highest BCUT2D eigenvalue weighted by Crippen LogP contribution is 2.00. The zero-order valence-corrected chi connectivity index (χ0v) is 6.67. The van der Waals surface area contributed by atoms with Crippen molar-refractivity contribution in [2.24, 2.45) is 0 Å². The molecule has 58 valence electrons. The molecule has 0 amide bonds. The lowest BCUT2D eigenvalue weighted by atomic mass is 9.80. The molecule has 0 heterocycles. The van der Waals surface area contributed by atoms with E-state index in [9.17, 15) is 0 Å². The summed E-state index contributed by atoms with van der Waals surface area (Å²) in [5, 5.41) is 17.2. The minimum absolute atomic E-state index is 0.647. The fourth-order valence-corrected chi connectivity index (χ4v) is 0.639. The first kappa shape index (κ1) is 9.72. The third kappa shape index (κ3) is 4.59. The average Bonchev–Trinajstić information content (AvgIpc) is 1.88. The van der Waals surface area contributed by atoms with Gasteiger partial charge in [0.25, 0.3) is 0 Å². The molecule has 2 N–H and O–H groups in total. The predicted octanol–water partition coefficient (Wildman–Crippen LogP) is 1.13. The Bertz CT molecular complexity index is 110. The molecular weight excluding hydrogens is 127 g/mol. The Balaban J connectivity index is 3.48. The van der Waals surface area contributed by atoms with Crippen LogP contribution in [0.15, 0.2) is 11.5 Å². The molecule has 0 radical (unpaired) electrons. The summed E-state index contributed by atoms with van der Waals surface area (Å²) in [6, 6.07) is 0. The first-order valence-corrected chi connectivity index (χ1v) is 3.71. The molecule has 0 aliphatic carbocycles. The molecule has 10 heavy (non-hydrogen) atoms. The van der Waals surface area contributed by atoms with Crippen LogP contribution in [-0.4, -0.2) is 17.2 Å². The van der Waals surface area contributed by atoms with Gasteiger partial charge < -0.3 is 10.0 Å². The number of allylic oxidation sites excluding steroid dienone is 2. The number of hydrogen-bond acceptors (Lipinski definition) is 2. The second-order valence-corrected chi connectivity index (χ2v) is 2.46. The van der Waals surface area contributed by atoms with E-state index in [1.807, 2.05) is 6.08 Å². The van der Waals surface area contributed by atoms with E-state index in [-0.39, 0.29) is 0 Å². The highest BCUT2D eigenvalue weighted by Gasteiger charge is 2.07. The maximum atomic E-state index is 8.61. The highest BCUT2D eigenvalue weighted by molar-refractivity contribution is 6.50. The molecular formula is C7H15BO2. The van der Waals surface area contributed by atoms with Gasteiger partial charge in [-0.2, -0.15) is 0 Å². The van der Waals surface area contributed by atoms with Gasteiger partial charge in [-0.3, -0.25) is 0 Å². The van der Waals surface area contributed by atoms with E-state index in [1.165, 1.54) is 0 Å². The van der Waals surface area contributed by atoms with Crippen molar-refractivity contribution in [3.05, 3.63) is 11.5 Å². The predicted molar refractivity (Wildman–Crippen MR) is 43.5 cm³/mol. The Kier molecular flexibility index (Phi) is 5.35.